The molecule has 3 heterocycles. The number of nitrogens with zero attached hydrogens (tertiary/aromatic N) is 1. The molecule has 9 heteroatoms. The first-order chi connectivity index (χ1) is 9.83. The Bertz CT molecular complexity index is 507. The number of β-lactam (4-membered cyclic amide) rings is 1. The van der Waals surface area contributed by atoms with Gasteiger partial charge in [0, 0.05) is 16.4 Å². The molecule has 3 rings (SSSR count). The Kier molecular flexibility index (Phi) is 3.61. The molecule has 0 aromatic carbocycles. The number of hydrogen-bond acceptors (Lipinski definition) is 6. The molecule has 0 aliphatic carbocycles. The van der Waals surface area contributed by atoms with Crippen molar-refractivity contribution in [1.82, 2.24) is 15.5 Å². The highest BCUT2D eigenvalue weighted by atomic mass is 32.2. The number of carboxylic acid groups (broad SMARTS) is 1. The highest BCUT2D eigenvalue weighted by Crippen LogP contribution is 2.50. The van der Waals surface area contributed by atoms with Crippen molar-refractivity contribution in [1.29, 1.82) is 0 Å². The van der Waals surface area contributed by atoms with E-state index in [0.29, 0.717) is 5.75 Å². The van der Waals surface area contributed by atoms with E-state index < -0.39 is 22.8 Å². The number of thioether (sulfide) groups is 2. The van der Waals surface area contributed by atoms with Crippen molar-refractivity contribution < 1.29 is 19.5 Å². The van der Waals surface area contributed by atoms with Gasteiger partial charge in [-0.05, 0) is 13.8 Å². The van der Waals surface area contributed by atoms with Crippen LogP contribution in [-0.4, -0.2) is 67.7 Å². The number of carbonyl (C=O) groups is 3. The van der Waals surface area contributed by atoms with Crippen LogP contribution in [0.4, 0.5) is 0 Å². The van der Waals surface area contributed by atoms with Gasteiger partial charge in [-0.3, -0.25) is 14.9 Å². The fourth-order valence-corrected chi connectivity index (χ4v) is 5.53. The Morgan fingerprint density at radius 3 is 2.76 bits per heavy atom. The van der Waals surface area contributed by atoms with Crippen molar-refractivity contribution in [3.63, 3.8) is 0 Å². The summed E-state index contributed by atoms with van der Waals surface area (Å²) >= 11 is 3.07. The van der Waals surface area contributed by atoms with Gasteiger partial charge in [0.05, 0.1) is 6.04 Å². The number of nitrogens with one attached hydrogen (secondary N) is 2. The van der Waals surface area contributed by atoms with Crippen LogP contribution in [0.1, 0.15) is 13.8 Å². The molecule has 2 amide bonds. The van der Waals surface area contributed by atoms with Crippen LogP contribution in [0.15, 0.2) is 0 Å². The SMILES string of the molecule is CC1(C)S[C@@H]2[C@H](NC(=O)C3CSCN3)C(=O)N2[C@H]1C(=O)O. The molecule has 0 bridgehead atoms. The number of rotatable bonds is 3. The second-order valence-electron chi connectivity index (χ2n) is 5.86. The molecule has 3 saturated heterocycles. The first-order valence-electron chi connectivity index (χ1n) is 6.67. The molecule has 0 spiro atoms. The second kappa shape index (κ2) is 5.06. The molecule has 3 aliphatic heterocycles. The minimum Gasteiger partial charge on any atom is -0.480 e. The topological polar surface area (TPSA) is 98.7 Å². The Hall–Kier alpha value is -0.930. The molecule has 0 aromatic rings. The number of fused-ring (bicyclic) bond motifs is 1. The molecule has 3 aliphatic rings. The predicted octanol–water partition coefficient (Wildman–Crippen LogP) is -0.719. The minimum atomic E-state index is -0.998. The van der Waals surface area contributed by atoms with Gasteiger partial charge in [0.25, 0.3) is 0 Å². The van der Waals surface area contributed by atoms with E-state index in [1.165, 1.54) is 16.7 Å². The van der Waals surface area contributed by atoms with E-state index in [0.717, 1.165) is 5.88 Å². The van der Waals surface area contributed by atoms with Crippen molar-refractivity contribution in [3.8, 4) is 0 Å². The van der Waals surface area contributed by atoms with E-state index in [-0.39, 0.29) is 23.2 Å². The van der Waals surface area contributed by atoms with Crippen molar-refractivity contribution in [2.75, 3.05) is 11.6 Å². The third kappa shape index (κ3) is 2.31. The summed E-state index contributed by atoms with van der Waals surface area (Å²) in [5.74, 6) is -0.0613. The molecular weight excluding hydrogens is 314 g/mol. The minimum absolute atomic E-state index is 0.185. The lowest BCUT2D eigenvalue weighted by atomic mass is 9.96. The monoisotopic (exact) mass is 331 g/mol. The van der Waals surface area contributed by atoms with Crippen LogP contribution in [0.25, 0.3) is 0 Å². The largest absolute Gasteiger partial charge is 0.480 e. The Balaban J connectivity index is 1.70. The van der Waals surface area contributed by atoms with Crippen LogP contribution in [0.5, 0.6) is 0 Å². The van der Waals surface area contributed by atoms with Crippen molar-refractivity contribution >= 4 is 41.3 Å². The summed E-state index contributed by atoms with van der Waals surface area (Å²) < 4.78 is -0.562. The van der Waals surface area contributed by atoms with Gasteiger partial charge in [0.15, 0.2) is 0 Å². The highest BCUT2D eigenvalue weighted by Gasteiger charge is 2.64. The smallest absolute Gasteiger partial charge is 0.327 e. The van der Waals surface area contributed by atoms with Crippen LogP contribution in [0.2, 0.25) is 0 Å². The molecule has 3 fully saturated rings. The van der Waals surface area contributed by atoms with Gasteiger partial charge >= 0.3 is 5.97 Å². The first-order valence-corrected chi connectivity index (χ1v) is 8.70. The molecule has 7 nitrogen and oxygen atoms in total. The molecule has 1 unspecified atom stereocenters. The first kappa shape index (κ1) is 15.0. The maximum absolute atomic E-state index is 12.2. The second-order valence-corrected chi connectivity index (χ2v) is 8.66. The number of carbonyl (C=O) groups excluding carboxylic acids is 2. The van der Waals surface area contributed by atoms with Gasteiger partial charge in [-0.25, -0.2) is 4.79 Å². The van der Waals surface area contributed by atoms with E-state index in [1.807, 2.05) is 13.8 Å². The molecule has 0 saturated carbocycles. The molecule has 116 valence electrons. The summed E-state index contributed by atoms with van der Waals surface area (Å²) in [6.45, 7) is 3.63. The van der Waals surface area contributed by atoms with Gasteiger partial charge in [-0.1, -0.05) is 0 Å². The number of aliphatic carboxylic acids is 1. The predicted molar refractivity (Wildman–Crippen MR) is 79.9 cm³/mol. The van der Waals surface area contributed by atoms with E-state index in [2.05, 4.69) is 10.6 Å². The molecule has 0 aromatic heterocycles. The summed E-state index contributed by atoms with van der Waals surface area (Å²) in [6.07, 6.45) is 0. The number of amides is 2. The lowest BCUT2D eigenvalue weighted by molar-refractivity contribution is -0.161. The summed E-state index contributed by atoms with van der Waals surface area (Å²) in [5.41, 5.74) is 0. The van der Waals surface area contributed by atoms with Gasteiger partial charge < -0.3 is 15.3 Å². The fourth-order valence-electron chi connectivity index (χ4n) is 2.96. The Morgan fingerprint density at radius 1 is 1.48 bits per heavy atom. The number of carboxylic acids is 1. The van der Waals surface area contributed by atoms with Gasteiger partial charge in [-0.2, -0.15) is 0 Å². The molecule has 21 heavy (non-hydrogen) atoms. The van der Waals surface area contributed by atoms with E-state index in [9.17, 15) is 19.5 Å². The maximum atomic E-state index is 12.2. The standard InChI is InChI=1S/C12H17N3O4S2/c1-12(2)7(11(18)19)15-9(17)6(10(15)21-12)14-8(16)5-3-20-4-13-5/h5-7,10,13H,3-4H2,1-2H3,(H,14,16)(H,18,19)/t5?,6-,7+,10-/m1/s1. The zero-order valence-electron chi connectivity index (χ0n) is 11.7. The zero-order chi connectivity index (χ0) is 15.4. The van der Waals surface area contributed by atoms with Crippen molar-refractivity contribution in [2.24, 2.45) is 0 Å². The van der Waals surface area contributed by atoms with Crippen LogP contribution in [-0.2, 0) is 14.4 Å². The van der Waals surface area contributed by atoms with E-state index in [4.69, 9.17) is 0 Å². The molecule has 4 atom stereocenters. The highest BCUT2D eigenvalue weighted by molar-refractivity contribution is 8.01. The third-order valence-corrected chi connectivity index (χ3v) is 6.52. The van der Waals surface area contributed by atoms with Crippen molar-refractivity contribution in [3.05, 3.63) is 0 Å². The summed E-state index contributed by atoms with van der Waals surface area (Å²) in [4.78, 5) is 37.0. The van der Waals surface area contributed by atoms with Crippen LogP contribution in [0, 0.1) is 0 Å². The van der Waals surface area contributed by atoms with Gasteiger partial charge in [0.1, 0.15) is 17.5 Å². The molecule has 3 N–H and O–H groups in total. The Labute approximate surface area is 130 Å². The van der Waals surface area contributed by atoms with Gasteiger partial charge in [-0.15, -0.1) is 23.5 Å². The summed E-state index contributed by atoms with van der Waals surface area (Å²) in [6, 6.07) is -1.72. The van der Waals surface area contributed by atoms with Crippen LogP contribution < -0.4 is 10.6 Å². The summed E-state index contributed by atoms with van der Waals surface area (Å²) in [5, 5.41) is 14.8. The normalized spacial score (nSPS) is 37.0. The average molecular weight is 331 g/mol. The number of hydrogen-bond donors (Lipinski definition) is 3. The van der Waals surface area contributed by atoms with Crippen LogP contribution in [0.3, 0.4) is 0 Å². The summed E-state index contributed by atoms with van der Waals surface area (Å²) in [7, 11) is 0. The zero-order valence-corrected chi connectivity index (χ0v) is 13.3. The van der Waals surface area contributed by atoms with E-state index >= 15 is 0 Å². The molecular formula is C12H17N3O4S2. The van der Waals surface area contributed by atoms with Crippen molar-refractivity contribution in [2.45, 2.75) is 42.1 Å². The maximum Gasteiger partial charge on any atom is 0.327 e. The quantitative estimate of drug-likeness (QED) is 0.587. The van der Waals surface area contributed by atoms with Gasteiger partial charge in [0.2, 0.25) is 11.8 Å². The van der Waals surface area contributed by atoms with Crippen LogP contribution >= 0.6 is 23.5 Å². The van der Waals surface area contributed by atoms with E-state index in [1.54, 1.807) is 11.8 Å². The molecule has 0 radical (unpaired) electrons. The third-order valence-electron chi connectivity index (χ3n) is 4.01. The lowest BCUT2D eigenvalue weighted by Gasteiger charge is -2.43. The Morgan fingerprint density at radius 2 is 2.19 bits per heavy atom. The lowest BCUT2D eigenvalue weighted by Crippen LogP contribution is -2.71. The average Bonchev–Trinajstić information content (AvgIpc) is 3.00. The fraction of sp³-hybridized carbons (Fsp3) is 0.750.